The summed E-state index contributed by atoms with van der Waals surface area (Å²) in [5, 5.41) is 5.21. The molecule has 1 N–H and O–H groups in total. The zero-order valence-corrected chi connectivity index (χ0v) is 12.5. The largest absolute Gasteiger partial charge is 0.324 e. The van der Waals surface area contributed by atoms with Crippen molar-refractivity contribution in [3.63, 3.8) is 0 Å². The number of halogens is 1. The van der Waals surface area contributed by atoms with E-state index in [2.05, 4.69) is 43.1 Å². The first-order chi connectivity index (χ1) is 9.24. The number of nitrogens with one attached hydrogen (secondary N) is 1. The van der Waals surface area contributed by atoms with Crippen LogP contribution in [0.2, 0.25) is 0 Å². The fraction of sp³-hybridized carbons (Fsp3) is 0.214. The molecule has 0 radical (unpaired) electrons. The van der Waals surface area contributed by atoms with E-state index in [-0.39, 0.29) is 0 Å². The Bertz CT molecular complexity index is 668. The van der Waals surface area contributed by atoms with Gasteiger partial charge in [-0.25, -0.2) is 9.97 Å². The molecule has 0 bridgehead atoms. The van der Waals surface area contributed by atoms with Crippen molar-refractivity contribution in [3.05, 3.63) is 41.3 Å². The Labute approximate surface area is 120 Å². The fourth-order valence-corrected chi connectivity index (χ4v) is 1.97. The van der Waals surface area contributed by atoms with Crippen LogP contribution in [0.15, 0.2) is 30.7 Å². The van der Waals surface area contributed by atoms with Crippen molar-refractivity contribution in [1.29, 1.82) is 0 Å². The molecule has 2 rings (SSSR count). The summed E-state index contributed by atoms with van der Waals surface area (Å²) in [6.45, 7) is 4.10. The van der Waals surface area contributed by atoms with Crippen molar-refractivity contribution >= 4 is 38.1 Å². The summed E-state index contributed by atoms with van der Waals surface area (Å²) in [5.41, 5.74) is 0. The number of anilines is 2. The summed E-state index contributed by atoms with van der Waals surface area (Å²) in [6, 6.07) is 3.97. The third-order valence-electron chi connectivity index (χ3n) is 2.62. The van der Waals surface area contributed by atoms with Gasteiger partial charge >= 0.3 is 0 Å². The maximum absolute atomic E-state index is 4.62. The van der Waals surface area contributed by atoms with Crippen molar-refractivity contribution in [2.24, 2.45) is 0 Å². The van der Waals surface area contributed by atoms with Crippen LogP contribution in [0.4, 0.5) is 11.6 Å². The van der Waals surface area contributed by atoms with Crippen LogP contribution in [0.25, 0.3) is 10.6 Å². The van der Waals surface area contributed by atoms with Gasteiger partial charge in [-0.2, -0.15) is 0 Å². The van der Waals surface area contributed by atoms with E-state index in [0.717, 1.165) is 27.3 Å². The molecule has 0 saturated heterocycles. The third-order valence-corrected chi connectivity index (χ3v) is 3.56. The van der Waals surface area contributed by atoms with Crippen molar-refractivity contribution in [2.45, 2.75) is 20.3 Å². The highest BCUT2D eigenvalue weighted by atomic mass is 79.9. The van der Waals surface area contributed by atoms with Crippen molar-refractivity contribution < 1.29 is 0 Å². The van der Waals surface area contributed by atoms with Gasteiger partial charge < -0.3 is 5.32 Å². The van der Waals surface area contributed by atoms with Crippen LogP contribution in [-0.2, 0) is 0 Å². The van der Waals surface area contributed by atoms with Crippen LogP contribution in [0.5, 0.6) is 0 Å². The van der Waals surface area contributed by atoms with Gasteiger partial charge in [0.2, 0.25) is 0 Å². The van der Waals surface area contributed by atoms with Crippen LogP contribution in [0.3, 0.4) is 0 Å². The number of pyridine rings is 1. The number of rotatable bonds is 3. The van der Waals surface area contributed by atoms with Crippen LogP contribution in [0.1, 0.15) is 20.3 Å². The lowest BCUT2D eigenvalue weighted by atomic mass is 10.3. The van der Waals surface area contributed by atoms with E-state index in [1.807, 2.05) is 25.1 Å². The number of hydrogen-bond acceptors (Lipinski definition) is 4. The quantitative estimate of drug-likeness (QED) is 0.943. The molecule has 0 atom stereocenters. The van der Waals surface area contributed by atoms with Gasteiger partial charge in [0.15, 0.2) is 0 Å². The maximum Gasteiger partial charge on any atom is 0.150 e. The summed E-state index contributed by atoms with van der Waals surface area (Å²) in [5.74, 6) is 1.44. The summed E-state index contributed by atoms with van der Waals surface area (Å²) in [7, 11) is 0. The van der Waals surface area contributed by atoms with E-state index in [1.165, 1.54) is 0 Å². The maximum atomic E-state index is 4.62. The second-order valence-electron chi connectivity index (χ2n) is 3.90. The van der Waals surface area contributed by atoms with Gasteiger partial charge in [0.05, 0.1) is 11.5 Å². The third kappa shape index (κ3) is 3.38. The molecule has 0 unspecified atom stereocenters. The molecule has 19 heavy (non-hydrogen) atoms. The van der Waals surface area contributed by atoms with Crippen molar-refractivity contribution in [2.75, 3.05) is 5.32 Å². The second-order valence-corrected chi connectivity index (χ2v) is 4.85. The van der Waals surface area contributed by atoms with E-state index in [4.69, 9.17) is 0 Å². The van der Waals surface area contributed by atoms with Gasteiger partial charge in [0.1, 0.15) is 11.6 Å². The van der Waals surface area contributed by atoms with Gasteiger partial charge in [0.25, 0.3) is 0 Å². The van der Waals surface area contributed by atoms with Crippen LogP contribution in [0, 0.1) is 0 Å². The molecule has 2 aromatic rings. The Morgan fingerprint density at radius 1 is 1.32 bits per heavy atom. The summed E-state index contributed by atoms with van der Waals surface area (Å²) in [6.07, 6.45) is 7.90. The molecule has 0 aromatic carbocycles. The summed E-state index contributed by atoms with van der Waals surface area (Å²) >= 11 is 3.57. The normalized spacial score (nSPS) is 13.3. The first-order valence-electron chi connectivity index (χ1n) is 6.09. The van der Waals surface area contributed by atoms with Gasteiger partial charge in [-0.3, -0.25) is 4.98 Å². The number of nitrogens with zero attached hydrogens (tertiary/aromatic N) is 3. The molecule has 0 saturated carbocycles. The topological polar surface area (TPSA) is 50.7 Å². The highest BCUT2D eigenvalue weighted by Crippen LogP contribution is 2.09. The molecule has 2 aromatic heterocycles. The Morgan fingerprint density at radius 2 is 2.16 bits per heavy atom. The summed E-state index contributed by atoms with van der Waals surface area (Å²) in [4.78, 5) is 12.8. The van der Waals surface area contributed by atoms with Gasteiger partial charge in [-0.15, -0.1) is 0 Å². The molecule has 98 valence electrons. The van der Waals surface area contributed by atoms with E-state index in [9.17, 15) is 0 Å². The standard InChI is InChI=1S/C14H15BrN4/c1-3-10-5-6-12(19-14(10)11(15)4-2)18-13-9-16-7-8-17-13/h3,5-9H,4H2,1-2H3,(H,17,18,19)/b10-3-,14-11-. The average molecular weight is 319 g/mol. The lowest BCUT2D eigenvalue weighted by Gasteiger charge is -2.04. The molecule has 2 heterocycles. The zero-order chi connectivity index (χ0) is 13.7. The second kappa shape index (κ2) is 6.43. The monoisotopic (exact) mass is 318 g/mol. The first kappa shape index (κ1) is 13.7. The SMILES string of the molecule is C/C=c1/ccc(Nc2cnccn2)n/c1=C(\Br)CC. The predicted molar refractivity (Wildman–Crippen MR) is 81.6 cm³/mol. The molecule has 5 heteroatoms. The van der Waals surface area contributed by atoms with E-state index >= 15 is 0 Å². The molecule has 0 aliphatic carbocycles. The Kier molecular flexibility index (Phi) is 4.63. The fourth-order valence-electron chi connectivity index (χ4n) is 1.65. The van der Waals surface area contributed by atoms with Gasteiger partial charge in [0, 0.05) is 16.9 Å². The van der Waals surface area contributed by atoms with Crippen LogP contribution < -0.4 is 15.9 Å². The molecule has 0 aliphatic rings. The number of hydrogen-bond donors (Lipinski definition) is 1. The smallest absolute Gasteiger partial charge is 0.150 e. The minimum Gasteiger partial charge on any atom is -0.324 e. The van der Waals surface area contributed by atoms with E-state index in [0.29, 0.717) is 5.82 Å². The lowest BCUT2D eigenvalue weighted by Crippen LogP contribution is -2.29. The van der Waals surface area contributed by atoms with Crippen LogP contribution >= 0.6 is 15.9 Å². The number of aromatic nitrogens is 3. The predicted octanol–water partition coefficient (Wildman–Crippen LogP) is 2.33. The van der Waals surface area contributed by atoms with Gasteiger partial charge in [-0.1, -0.05) is 28.9 Å². The highest BCUT2D eigenvalue weighted by molar-refractivity contribution is 9.14. The zero-order valence-electron chi connectivity index (χ0n) is 10.9. The van der Waals surface area contributed by atoms with E-state index in [1.54, 1.807) is 18.6 Å². The average Bonchev–Trinajstić information content (AvgIpc) is 2.47. The highest BCUT2D eigenvalue weighted by Gasteiger charge is 1.99. The Balaban J connectivity index is 2.45. The van der Waals surface area contributed by atoms with Crippen molar-refractivity contribution in [3.8, 4) is 0 Å². The molecular weight excluding hydrogens is 304 g/mol. The minimum atomic E-state index is 0.682. The summed E-state index contributed by atoms with van der Waals surface area (Å²) < 4.78 is 1.09. The first-order valence-corrected chi connectivity index (χ1v) is 6.89. The molecular formula is C14H15BrN4. The molecule has 0 aliphatic heterocycles. The molecule has 0 amide bonds. The van der Waals surface area contributed by atoms with Gasteiger partial charge in [-0.05, 0) is 30.7 Å². The molecule has 0 fully saturated rings. The molecule has 0 spiro atoms. The lowest BCUT2D eigenvalue weighted by molar-refractivity contribution is 1.15. The minimum absolute atomic E-state index is 0.682. The van der Waals surface area contributed by atoms with Crippen molar-refractivity contribution in [1.82, 2.24) is 15.0 Å². The molecule has 4 nitrogen and oxygen atoms in total. The Morgan fingerprint density at radius 3 is 2.79 bits per heavy atom. The van der Waals surface area contributed by atoms with E-state index < -0.39 is 0 Å². The Hall–Kier alpha value is -1.75. The van der Waals surface area contributed by atoms with Crippen LogP contribution in [-0.4, -0.2) is 15.0 Å².